The molecule has 0 spiro atoms. The summed E-state index contributed by atoms with van der Waals surface area (Å²) in [5, 5.41) is 3.01. The maximum Gasteiger partial charge on any atom is 0.251 e. The Kier molecular flexibility index (Phi) is 5.23. The highest BCUT2D eigenvalue weighted by atomic mass is 16.5. The van der Waals surface area contributed by atoms with Crippen LogP contribution in [-0.2, 0) is 11.2 Å². The Morgan fingerprint density at radius 3 is 2.65 bits per heavy atom. The van der Waals surface area contributed by atoms with Crippen LogP contribution in [0.4, 0.5) is 5.95 Å². The van der Waals surface area contributed by atoms with E-state index < -0.39 is 0 Å². The first kappa shape index (κ1) is 18.3. The van der Waals surface area contributed by atoms with Gasteiger partial charge in [-0.05, 0) is 24.6 Å². The Balaban J connectivity index is 1.82. The molecule has 6 nitrogen and oxygen atoms in total. The van der Waals surface area contributed by atoms with Gasteiger partial charge >= 0.3 is 0 Å². The minimum Gasteiger partial charge on any atom is -0.380 e. The molecule has 0 bridgehead atoms. The Hall–Kier alpha value is -2.47. The molecule has 0 saturated carbocycles. The van der Waals surface area contributed by atoms with E-state index in [2.05, 4.69) is 29.1 Å². The fourth-order valence-electron chi connectivity index (χ4n) is 2.78. The number of hydrogen-bond acceptors (Lipinski definition) is 5. The van der Waals surface area contributed by atoms with Crippen LogP contribution in [0.25, 0.3) is 11.3 Å². The van der Waals surface area contributed by atoms with Gasteiger partial charge in [-0.15, -0.1) is 0 Å². The summed E-state index contributed by atoms with van der Waals surface area (Å²) >= 11 is 0. The number of benzene rings is 1. The average molecular weight is 354 g/mol. The molecule has 2 aromatic rings. The first-order valence-corrected chi connectivity index (χ1v) is 8.92. The lowest BCUT2D eigenvalue weighted by Crippen LogP contribution is -2.48. The molecular formula is C20H26N4O2. The van der Waals surface area contributed by atoms with Gasteiger partial charge in [0.2, 0.25) is 5.95 Å². The number of nitrogens with one attached hydrogen (secondary N) is 1. The molecule has 1 saturated heterocycles. The molecule has 1 aromatic heterocycles. The highest BCUT2D eigenvalue weighted by Crippen LogP contribution is 2.25. The number of aromatic nitrogens is 2. The first-order chi connectivity index (χ1) is 12.4. The number of rotatable bonds is 6. The lowest BCUT2D eigenvalue weighted by atomic mass is 9.88. The maximum atomic E-state index is 12.5. The normalized spacial score (nSPS) is 15.2. The molecule has 1 N–H and O–H groups in total. The van der Waals surface area contributed by atoms with E-state index in [4.69, 9.17) is 4.74 Å². The number of carbonyl (C=O) groups excluding carboxylic acids is 1. The lowest BCUT2D eigenvalue weighted by molar-refractivity contribution is -0.0978. The molecule has 138 valence electrons. The predicted octanol–water partition coefficient (Wildman–Crippen LogP) is 2.54. The third kappa shape index (κ3) is 4.02. The molecule has 2 heterocycles. The summed E-state index contributed by atoms with van der Waals surface area (Å²) in [6, 6.07) is 9.56. The van der Waals surface area contributed by atoms with Crippen LogP contribution in [0.15, 0.2) is 30.3 Å². The first-order valence-electron chi connectivity index (χ1n) is 8.92. The molecule has 0 atom stereocenters. The number of amides is 1. The second-order valence-electron chi connectivity index (χ2n) is 7.36. The fourth-order valence-corrected chi connectivity index (χ4v) is 2.78. The van der Waals surface area contributed by atoms with Gasteiger partial charge in [0.25, 0.3) is 5.91 Å². The van der Waals surface area contributed by atoms with Crippen LogP contribution in [0.5, 0.6) is 0 Å². The van der Waals surface area contributed by atoms with Gasteiger partial charge in [-0.2, -0.15) is 0 Å². The molecule has 1 fully saturated rings. The number of anilines is 1. The third-order valence-electron chi connectivity index (χ3n) is 4.53. The van der Waals surface area contributed by atoms with Gasteiger partial charge in [-0.25, -0.2) is 9.97 Å². The summed E-state index contributed by atoms with van der Waals surface area (Å²) in [5.74, 6) is 0.602. The van der Waals surface area contributed by atoms with Crippen LogP contribution >= 0.6 is 0 Å². The largest absolute Gasteiger partial charge is 0.380 e. The Labute approximate surface area is 154 Å². The Morgan fingerprint density at radius 1 is 1.27 bits per heavy atom. The van der Waals surface area contributed by atoms with Crippen molar-refractivity contribution in [2.45, 2.75) is 20.3 Å². The monoisotopic (exact) mass is 354 g/mol. The molecule has 1 aliphatic rings. The van der Waals surface area contributed by atoms with Crippen LogP contribution in [0.3, 0.4) is 0 Å². The van der Waals surface area contributed by atoms with Crippen molar-refractivity contribution in [3.63, 3.8) is 0 Å². The summed E-state index contributed by atoms with van der Waals surface area (Å²) in [4.78, 5) is 23.6. The third-order valence-corrected chi connectivity index (χ3v) is 4.53. The smallest absolute Gasteiger partial charge is 0.251 e. The fraction of sp³-hybridized carbons (Fsp3) is 0.450. The quantitative estimate of drug-likeness (QED) is 0.863. The van der Waals surface area contributed by atoms with E-state index in [1.165, 1.54) is 0 Å². The number of carbonyl (C=O) groups is 1. The van der Waals surface area contributed by atoms with Crippen LogP contribution in [0.1, 0.15) is 29.9 Å². The Bertz CT molecular complexity index is 800. The van der Waals surface area contributed by atoms with Gasteiger partial charge < -0.3 is 15.0 Å². The highest BCUT2D eigenvalue weighted by Gasteiger charge is 2.33. The zero-order chi connectivity index (χ0) is 18.7. The van der Waals surface area contributed by atoms with Crippen molar-refractivity contribution in [3.8, 4) is 11.3 Å². The lowest BCUT2D eigenvalue weighted by Gasteiger charge is -2.38. The second-order valence-corrected chi connectivity index (χ2v) is 7.36. The summed E-state index contributed by atoms with van der Waals surface area (Å²) in [6.07, 6.45) is 0.831. The average Bonchev–Trinajstić information content (AvgIpc) is 2.64. The zero-order valence-corrected chi connectivity index (χ0v) is 15.9. The minimum absolute atomic E-state index is 0.0521. The molecule has 0 unspecified atom stereocenters. The maximum absolute atomic E-state index is 12.5. The van der Waals surface area contributed by atoms with Crippen molar-refractivity contribution < 1.29 is 9.53 Å². The second kappa shape index (κ2) is 7.41. The number of ether oxygens (including phenoxy) is 1. The van der Waals surface area contributed by atoms with Gasteiger partial charge in [-0.1, -0.05) is 26.0 Å². The zero-order valence-electron chi connectivity index (χ0n) is 15.9. The van der Waals surface area contributed by atoms with Crippen LogP contribution in [-0.4, -0.2) is 49.7 Å². The molecule has 1 aromatic carbocycles. The summed E-state index contributed by atoms with van der Waals surface area (Å²) in [6.45, 7) is 6.19. The molecular weight excluding hydrogens is 328 g/mol. The molecule has 0 aliphatic carbocycles. The summed E-state index contributed by atoms with van der Waals surface area (Å²) < 4.78 is 5.24. The molecule has 6 heteroatoms. The predicted molar refractivity (Wildman–Crippen MR) is 102 cm³/mol. The van der Waals surface area contributed by atoms with Crippen LogP contribution < -0.4 is 10.2 Å². The highest BCUT2D eigenvalue weighted by molar-refractivity contribution is 5.95. The van der Waals surface area contributed by atoms with Crippen molar-refractivity contribution in [2.24, 2.45) is 5.41 Å². The molecule has 3 rings (SSSR count). The van der Waals surface area contributed by atoms with Gasteiger partial charge in [0.1, 0.15) is 0 Å². The molecule has 26 heavy (non-hydrogen) atoms. The topological polar surface area (TPSA) is 67.3 Å². The van der Waals surface area contributed by atoms with Crippen molar-refractivity contribution in [1.82, 2.24) is 15.3 Å². The Morgan fingerprint density at radius 2 is 2.04 bits per heavy atom. The van der Waals surface area contributed by atoms with E-state index in [1.54, 1.807) is 0 Å². The van der Waals surface area contributed by atoms with Gasteiger partial charge in [0, 0.05) is 42.9 Å². The van der Waals surface area contributed by atoms with Crippen LogP contribution in [0.2, 0.25) is 0 Å². The van der Waals surface area contributed by atoms with E-state index in [0.717, 1.165) is 23.4 Å². The SMILES string of the molecule is CCc1cc(-c2cccc(C(=O)NCC3(C)COC3)c2)nc(N(C)C)n1. The van der Waals surface area contributed by atoms with Crippen molar-refractivity contribution in [1.29, 1.82) is 0 Å². The van der Waals surface area contributed by atoms with Gasteiger partial charge in [0.15, 0.2) is 0 Å². The molecule has 1 aliphatic heterocycles. The number of aryl methyl sites for hydroxylation is 1. The van der Waals surface area contributed by atoms with Crippen molar-refractivity contribution >= 4 is 11.9 Å². The summed E-state index contributed by atoms with van der Waals surface area (Å²) in [5.41, 5.74) is 3.41. The van der Waals surface area contributed by atoms with Crippen molar-refractivity contribution in [2.75, 3.05) is 38.8 Å². The van der Waals surface area contributed by atoms with E-state index in [1.807, 2.05) is 49.3 Å². The summed E-state index contributed by atoms with van der Waals surface area (Å²) in [7, 11) is 3.85. The van der Waals surface area contributed by atoms with Gasteiger partial charge in [0.05, 0.1) is 18.9 Å². The molecule has 1 amide bonds. The standard InChI is InChI=1S/C20H26N4O2/c1-5-16-10-17(23-19(22-16)24(3)4)14-7-6-8-15(9-14)18(25)21-11-20(2)12-26-13-20/h6-10H,5,11-13H2,1-4H3,(H,21,25). The van der Waals surface area contributed by atoms with Gasteiger partial charge in [-0.3, -0.25) is 4.79 Å². The van der Waals surface area contributed by atoms with E-state index >= 15 is 0 Å². The van der Waals surface area contributed by atoms with E-state index in [-0.39, 0.29) is 11.3 Å². The van der Waals surface area contributed by atoms with E-state index in [9.17, 15) is 4.79 Å². The van der Waals surface area contributed by atoms with E-state index in [0.29, 0.717) is 31.3 Å². The number of nitrogens with zero attached hydrogens (tertiary/aromatic N) is 3. The minimum atomic E-state index is -0.0717. The number of hydrogen-bond donors (Lipinski definition) is 1. The van der Waals surface area contributed by atoms with Crippen molar-refractivity contribution in [3.05, 3.63) is 41.6 Å². The van der Waals surface area contributed by atoms with Crippen LogP contribution in [0, 0.1) is 5.41 Å². The molecule has 0 radical (unpaired) electrons.